The largest absolute Gasteiger partial charge is 0.336 e. The van der Waals surface area contributed by atoms with Crippen LogP contribution in [0.5, 0.6) is 0 Å². The first-order valence-corrected chi connectivity index (χ1v) is 6.08. The summed E-state index contributed by atoms with van der Waals surface area (Å²) in [6.45, 7) is 12.2. The van der Waals surface area contributed by atoms with Gasteiger partial charge in [-0.15, -0.1) is 0 Å². The Morgan fingerprint density at radius 3 is 2.38 bits per heavy atom. The van der Waals surface area contributed by atoms with Gasteiger partial charge in [-0.25, -0.2) is 4.79 Å². The van der Waals surface area contributed by atoms with Gasteiger partial charge in [-0.3, -0.25) is 0 Å². The molecule has 0 bridgehead atoms. The quantitative estimate of drug-likeness (QED) is 0.729. The van der Waals surface area contributed by atoms with E-state index < -0.39 is 0 Å². The second kappa shape index (κ2) is 6.74. The fraction of sp³-hybridized carbons (Fsp3) is 0.917. The van der Waals surface area contributed by atoms with E-state index in [1.165, 1.54) is 0 Å². The van der Waals surface area contributed by atoms with E-state index in [4.69, 9.17) is 5.73 Å². The molecule has 0 atom stereocenters. The molecule has 0 heterocycles. The number of nitrogens with two attached hydrogens (primary N) is 1. The lowest BCUT2D eigenvalue weighted by atomic mass is 9.93. The van der Waals surface area contributed by atoms with Gasteiger partial charge in [-0.2, -0.15) is 0 Å². The van der Waals surface area contributed by atoms with Gasteiger partial charge < -0.3 is 16.0 Å². The molecule has 0 aromatic rings. The summed E-state index contributed by atoms with van der Waals surface area (Å²) < 4.78 is 0. The molecule has 0 saturated carbocycles. The van der Waals surface area contributed by atoms with Gasteiger partial charge in [0.1, 0.15) is 0 Å². The van der Waals surface area contributed by atoms with E-state index in [0.717, 1.165) is 13.0 Å². The number of carbonyl (C=O) groups excluding carboxylic acids is 1. The van der Waals surface area contributed by atoms with Crippen LogP contribution in [0, 0.1) is 5.41 Å². The smallest absolute Gasteiger partial charge is 0.317 e. The molecule has 96 valence electrons. The second-order valence-corrected chi connectivity index (χ2v) is 5.39. The molecule has 0 rings (SSSR count). The molecule has 3 N–H and O–H groups in total. The third-order valence-electron chi connectivity index (χ3n) is 2.36. The number of amides is 2. The van der Waals surface area contributed by atoms with Crippen molar-refractivity contribution in [1.82, 2.24) is 10.2 Å². The summed E-state index contributed by atoms with van der Waals surface area (Å²) in [5.74, 6) is 0. The molecule has 0 aliphatic rings. The molecule has 2 amide bonds. The fourth-order valence-electron chi connectivity index (χ4n) is 1.44. The van der Waals surface area contributed by atoms with E-state index in [0.29, 0.717) is 13.1 Å². The number of rotatable bonds is 6. The second-order valence-electron chi connectivity index (χ2n) is 5.39. The number of hydrogen-bond acceptors (Lipinski definition) is 2. The Labute approximate surface area is 99.6 Å². The van der Waals surface area contributed by atoms with Crippen molar-refractivity contribution in [3.63, 3.8) is 0 Å². The zero-order valence-corrected chi connectivity index (χ0v) is 11.3. The predicted octanol–water partition coefficient (Wildman–Crippen LogP) is 1.80. The number of carbonyl (C=O) groups is 1. The van der Waals surface area contributed by atoms with Gasteiger partial charge >= 0.3 is 6.03 Å². The highest BCUT2D eigenvalue weighted by Crippen LogP contribution is 2.15. The number of nitrogens with one attached hydrogen (secondary N) is 1. The van der Waals surface area contributed by atoms with Crippen LogP contribution in [0.25, 0.3) is 0 Å². The zero-order chi connectivity index (χ0) is 12.8. The highest BCUT2D eigenvalue weighted by atomic mass is 16.2. The molecule has 0 radical (unpaired) electrons. The van der Waals surface area contributed by atoms with Crippen molar-refractivity contribution >= 4 is 6.03 Å². The van der Waals surface area contributed by atoms with Crippen LogP contribution in [-0.2, 0) is 0 Å². The first kappa shape index (κ1) is 15.2. The van der Waals surface area contributed by atoms with Crippen molar-refractivity contribution in [3.8, 4) is 0 Å². The lowest BCUT2D eigenvalue weighted by Crippen LogP contribution is -2.48. The first-order chi connectivity index (χ1) is 7.32. The highest BCUT2D eigenvalue weighted by molar-refractivity contribution is 5.74. The molecule has 4 heteroatoms. The monoisotopic (exact) mass is 229 g/mol. The van der Waals surface area contributed by atoms with Crippen LogP contribution in [-0.4, -0.2) is 36.6 Å². The molecule has 0 aliphatic heterocycles. The summed E-state index contributed by atoms with van der Waals surface area (Å²) in [7, 11) is 0. The molecule has 16 heavy (non-hydrogen) atoms. The maximum Gasteiger partial charge on any atom is 0.317 e. The van der Waals surface area contributed by atoms with Crippen molar-refractivity contribution in [2.75, 3.05) is 19.6 Å². The summed E-state index contributed by atoms with van der Waals surface area (Å²) in [4.78, 5) is 13.8. The Kier molecular flexibility index (Phi) is 6.41. The molecule has 0 aromatic carbocycles. The number of hydrogen-bond donors (Lipinski definition) is 2. The third-order valence-corrected chi connectivity index (χ3v) is 2.36. The summed E-state index contributed by atoms with van der Waals surface area (Å²) in [5, 5.41) is 2.92. The molecule has 4 nitrogen and oxygen atoms in total. The van der Waals surface area contributed by atoms with Crippen LogP contribution < -0.4 is 11.1 Å². The van der Waals surface area contributed by atoms with E-state index in [1.54, 1.807) is 0 Å². The van der Waals surface area contributed by atoms with Gasteiger partial charge in [0.05, 0.1) is 0 Å². The van der Waals surface area contributed by atoms with Crippen LogP contribution in [0.4, 0.5) is 4.79 Å². The SMILES string of the molecule is CCCN(CC(C)(C)CN)C(=O)NC(C)C. The van der Waals surface area contributed by atoms with Crippen molar-refractivity contribution in [1.29, 1.82) is 0 Å². The Balaban J connectivity index is 4.42. The summed E-state index contributed by atoms with van der Waals surface area (Å²) in [6, 6.07) is 0.186. The zero-order valence-electron chi connectivity index (χ0n) is 11.3. The van der Waals surface area contributed by atoms with Gasteiger partial charge in [0.15, 0.2) is 0 Å². The van der Waals surface area contributed by atoms with E-state index in [1.807, 2.05) is 18.7 Å². The van der Waals surface area contributed by atoms with E-state index >= 15 is 0 Å². The highest BCUT2D eigenvalue weighted by Gasteiger charge is 2.23. The van der Waals surface area contributed by atoms with E-state index in [-0.39, 0.29) is 17.5 Å². The third kappa shape index (κ3) is 5.95. The van der Waals surface area contributed by atoms with Gasteiger partial charge in [-0.1, -0.05) is 20.8 Å². The summed E-state index contributed by atoms with van der Waals surface area (Å²) >= 11 is 0. The van der Waals surface area contributed by atoms with Gasteiger partial charge in [0.25, 0.3) is 0 Å². The summed E-state index contributed by atoms with van der Waals surface area (Å²) in [6.07, 6.45) is 0.964. The normalized spacial score (nSPS) is 11.7. The number of urea groups is 1. The van der Waals surface area contributed by atoms with Crippen molar-refractivity contribution in [3.05, 3.63) is 0 Å². The molecule has 0 aromatic heterocycles. The van der Waals surface area contributed by atoms with Crippen molar-refractivity contribution in [2.24, 2.45) is 11.1 Å². The molecule has 0 aliphatic carbocycles. The molecular weight excluding hydrogens is 202 g/mol. The Morgan fingerprint density at radius 1 is 1.44 bits per heavy atom. The fourth-order valence-corrected chi connectivity index (χ4v) is 1.44. The lowest BCUT2D eigenvalue weighted by molar-refractivity contribution is 0.167. The average molecular weight is 229 g/mol. The predicted molar refractivity (Wildman–Crippen MR) is 68.4 cm³/mol. The minimum atomic E-state index is -0.0243. The minimum absolute atomic E-state index is 0.0124. The van der Waals surface area contributed by atoms with E-state index in [9.17, 15) is 4.79 Å². The molecule has 0 spiro atoms. The van der Waals surface area contributed by atoms with Gasteiger partial charge in [-0.05, 0) is 32.2 Å². The maximum absolute atomic E-state index is 11.9. The molecule has 0 fully saturated rings. The Bertz CT molecular complexity index is 214. The lowest BCUT2D eigenvalue weighted by Gasteiger charge is -2.32. The topological polar surface area (TPSA) is 58.4 Å². The molecular formula is C12H27N3O. The van der Waals surface area contributed by atoms with Crippen LogP contribution in [0.3, 0.4) is 0 Å². The van der Waals surface area contributed by atoms with E-state index in [2.05, 4.69) is 26.1 Å². The molecule has 0 unspecified atom stereocenters. The van der Waals surface area contributed by atoms with Crippen molar-refractivity contribution in [2.45, 2.75) is 47.1 Å². The Hall–Kier alpha value is -0.770. The maximum atomic E-state index is 11.9. The van der Waals surface area contributed by atoms with Gasteiger partial charge in [0.2, 0.25) is 0 Å². The van der Waals surface area contributed by atoms with Crippen molar-refractivity contribution < 1.29 is 4.79 Å². The molecule has 0 saturated heterocycles. The van der Waals surface area contributed by atoms with Crippen LogP contribution in [0.15, 0.2) is 0 Å². The minimum Gasteiger partial charge on any atom is -0.336 e. The van der Waals surface area contributed by atoms with Crippen LogP contribution in [0.2, 0.25) is 0 Å². The average Bonchev–Trinajstić information content (AvgIpc) is 2.16. The first-order valence-electron chi connectivity index (χ1n) is 6.08. The summed E-state index contributed by atoms with van der Waals surface area (Å²) in [5.41, 5.74) is 5.67. The number of nitrogens with zero attached hydrogens (tertiary/aromatic N) is 1. The van der Waals surface area contributed by atoms with Crippen LogP contribution in [0.1, 0.15) is 41.0 Å². The Morgan fingerprint density at radius 2 is 2.00 bits per heavy atom. The standard InChI is InChI=1S/C12H27N3O/c1-6-7-15(9-12(4,5)8-13)11(16)14-10(2)3/h10H,6-9,13H2,1-5H3,(H,14,16). The van der Waals surface area contributed by atoms with Crippen LogP contribution >= 0.6 is 0 Å². The van der Waals surface area contributed by atoms with Gasteiger partial charge in [0, 0.05) is 19.1 Å².